The van der Waals surface area contributed by atoms with Gasteiger partial charge in [0.05, 0.1) is 23.0 Å². The SMILES string of the molecule is CC(C)OCCCNc1c(-c2ccc3c(c2)OCC(=O)N3)c(=O)c1=O. The molecule has 1 aliphatic rings. The fraction of sp³-hybridized carbons (Fsp3) is 0.389. The first kappa shape index (κ1) is 17.2. The maximum Gasteiger partial charge on any atom is 0.262 e. The minimum absolute atomic E-state index is 0.0661. The van der Waals surface area contributed by atoms with Crippen molar-refractivity contribution in [1.82, 2.24) is 0 Å². The zero-order valence-electron chi connectivity index (χ0n) is 14.2. The van der Waals surface area contributed by atoms with E-state index in [0.717, 1.165) is 6.42 Å². The normalized spacial score (nSPS) is 13.5. The summed E-state index contributed by atoms with van der Waals surface area (Å²) in [7, 11) is 0. The van der Waals surface area contributed by atoms with Crippen LogP contribution in [0.4, 0.5) is 11.4 Å². The van der Waals surface area contributed by atoms with Gasteiger partial charge in [0.2, 0.25) is 10.9 Å². The third-order valence-electron chi connectivity index (χ3n) is 3.89. The molecule has 2 aromatic carbocycles. The lowest BCUT2D eigenvalue weighted by Crippen LogP contribution is -2.36. The molecule has 7 nitrogen and oxygen atoms in total. The van der Waals surface area contributed by atoms with E-state index in [9.17, 15) is 14.4 Å². The van der Waals surface area contributed by atoms with Crippen LogP contribution < -0.4 is 26.2 Å². The third-order valence-corrected chi connectivity index (χ3v) is 3.89. The monoisotopic (exact) mass is 344 g/mol. The van der Waals surface area contributed by atoms with Gasteiger partial charge in [-0.3, -0.25) is 14.4 Å². The van der Waals surface area contributed by atoms with E-state index in [2.05, 4.69) is 10.6 Å². The van der Waals surface area contributed by atoms with Gasteiger partial charge in [-0.1, -0.05) is 6.07 Å². The summed E-state index contributed by atoms with van der Waals surface area (Å²) in [5.41, 5.74) is 0.819. The Morgan fingerprint density at radius 2 is 2.04 bits per heavy atom. The van der Waals surface area contributed by atoms with Crippen molar-refractivity contribution in [3.05, 3.63) is 38.6 Å². The molecule has 0 bridgehead atoms. The molecular formula is C18H20N2O5. The zero-order valence-corrected chi connectivity index (χ0v) is 14.2. The van der Waals surface area contributed by atoms with Crippen molar-refractivity contribution in [3.63, 3.8) is 0 Å². The molecule has 2 N–H and O–H groups in total. The van der Waals surface area contributed by atoms with Gasteiger partial charge in [0, 0.05) is 13.2 Å². The number of benzene rings is 1. The number of rotatable bonds is 7. The Hall–Kier alpha value is -2.67. The van der Waals surface area contributed by atoms with Crippen molar-refractivity contribution in [2.24, 2.45) is 0 Å². The van der Waals surface area contributed by atoms with Crippen LogP contribution in [-0.2, 0) is 9.53 Å². The predicted octanol–water partition coefficient (Wildman–Crippen LogP) is 1.51. The molecule has 0 atom stereocenters. The highest BCUT2D eigenvalue weighted by molar-refractivity contribution is 5.96. The van der Waals surface area contributed by atoms with Crippen LogP contribution in [0.25, 0.3) is 11.1 Å². The molecule has 1 aliphatic heterocycles. The van der Waals surface area contributed by atoms with Crippen molar-refractivity contribution in [2.45, 2.75) is 26.4 Å². The number of nitrogens with one attached hydrogen (secondary N) is 2. The first-order chi connectivity index (χ1) is 12.0. The van der Waals surface area contributed by atoms with E-state index in [0.29, 0.717) is 41.4 Å². The topological polar surface area (TPSA) is 93.7 Å². The maximum atomic E-state index is 12.0. The van der Waals surface area contributed by atoms with E-state index in [1.54, 1.807) is 18.2 Å². The minimum atomic E-state index is -0.513. The van der Waals surface area contributed by atoms with E-state index in [-0.39, 0.29) is 18.6 Å². The van der Waals surface area contributed by atoms with Gasteiger partial charge in [-0.05, 0) is 38.0 Å². The van der Waals surface area contributed by atoms with Gasteiger partial charge in [-0.25, -0.2) is 0 Å². The Morgan fingerprint density at radius 3 is 2.80 bits per heavy atom. The van der Waals surface area contributed by atoms with Gasteiger partial charge in [0.1, 0.15) is 5.75 Å². The van der Waals surface area contributed by atoms with E-state index in [4.69, 9.17) is 9.47 Å². The van der Waals surface area contributed by atoms with Crippen LogP contribution in [0, 0.1) is 0 Å². The number of anilines is 2. The summed E-state index contributed by atoms with van der Waals surface area (Å²) in [6.07, 6.45) is 0.896. The Labute approximate surface area is 144 Å². The Bertz CT molecular complexity index is 865. The summed E-state index contributed by atoms with van der Waals surface area (Å²) < 4.78 is 10.8. The number of amides is 1. The van der Waals surface area contributed by atoms with E-state index >= 15 is 0 Å². The number of fused-ring (bicyclic) bond motifs is 1. The average Bonchev–Trinajstić information content (AvgIpc) is 2.59. The van der Waals surface area contributed by atoms with Gasteiger partial charge in [-0.2, -0.15) is 0 Å². The van der Waals surface area contributed by atoms with Crippen LogP contribution in [0.3, 0.4) is 0 Å². The van der Waals surface area contributed by atoms with Gasteiger partial charge in [0.25, 0.3) is 5.91 Å². The second-order valence-corrected chi connectivity index (χ2v) is 6.16. The summed E-state index contributed by atoms with van der Waals surface area (Å²) in [6.45, 7) is 4.98. The summed E-state index contributed by atoms with van der Waals surface area (Å²) in [5.74, 6) is 0.266. The number of hydrogen-bond donors (Lipinski definition) is 2. The van der Waals surface area contributed by atoms with Gasteiger partial charge >= 0.3 is 0 Å². The molecule has 0 unspecified atom stereocenters. The van der Waals surface area contributed by atoms with E-state index in [1.165, 1.54) is 0 Å². The van der Waals surface area contributed by atoms with Crippen LogP contribution in [0.15, 0.2) is 27.8 Å². The number of hydrogen-bond acceptors (Lipinski definition) is 6. The minimum Gasteiger partial charge on any atom is -0.482 e. The van der Waals surface area contributed by atoms with Crippen molar-refractivity contribution in [2.75, 3.05) is 30.4 Å². The molecule has 25 heavy (non-hydrogen) atoms. The quantitative estimate of drug-likeness (QED) is 0.584. The number of carbonyl (C=O) groups is 1. The molecule has 132 valence electrons. The largest absolute Gasteiger partial charge is 0.482 e. The van der Waals surface area contributed by atoms with Crippen LogP contribution in [0.5, 0.6) is 5.75 Å². The van der Waals surface area contributed by atoms with Crippen LogP contribution in [-0.4, -0.2) is 31.8 Å². The molecule has 1 heterocycles. The molecule has 0 spiro atoms. The highest BCUT2D eigenvalue weighted by atomic mass is 16.5. The summed E-state index contributed by atoms with van der Waals surface area (Å²) >= 11 is 0. The fourth-order valence-electron chi connectivity index (χ4n) is 2.67. The second-order valence-electron chi connectivity index (χ2n) is 6.16. The predicted molar refractivity (Wildman–Crippen MR) is 95.1 cm³/mol. The van der Waals surface area contributed by atoms with Crippen LogP contribution >= 0.6 is 0 Å². The van der Waals surface area contributed by atoms with Gasteiger partial charge in [-0.15, -0.1) is 0 Å². The van der Waals surface area contributed by atoms with Crippen molar-refractivity contribution < 1.29 is 14.3 Å². The summed E-state index contributed by atoms with van der Waals surface area (Å²) in [5, 5.41) is 5.72. The molecule has 0 saturated heterocycles. The van der Waals surface area contributed by atoms with Crippen LogP contribution in [0.2, 0.25) is 0 Å². The molecule has 0 fully saturated rings. The summed E-state index contributed by atoms with van der Waals surface area (Å²) in [6, 6.07) is 5.02. The second kappa shape index (κ2) is 7.06. The van der Waals surface area contributed by atoms with Crippen molar-refractivity contribution in [3.8, 4) is 16.9 Å². The summed E-state index contributed by atoms with van der Waals surface area (Å²) in [4.78, 5) is 35.2. The van der Waals surface area contributed by atoms with Crippen LogP contribution in [0.1, 0.15) is 20.3 Å². The lowest BCUT2D eigenvalue weighted by Gasteiger charge is -2.19. The lowest BCUT2D eigenvalue weighted by molar-refractivity contribution is -0.118. The molecule has 0 radical (unpaired) electrons. The van der Waals surface area contributed by atoms with Crippen molar-refractivity contribution >= 4 is 17.3 Å². The Balaban J connectivity index is 1.73. The molecule has 7 heteroatoms. The number of carbonyl (C=O) groups excluding carboxylic acids is 1. The lowest BCUT2D eigenvalue weighted by atomic mass is 9.97. The molecule has 0 aliphatic carbocycles. The first-order valence-electron chi connectivity index (χ1n) is 8.23. The zero-order chi connectivity index (χ0) is 18.0. The first-order valence-corrected chi connectivity index (χ1v) is 8.23. The van der Waals surface area contributed by atoms with Gasteiger partial charge in [0.15, 0.2) is 6.61 Å². The fourth-order valence-corrected chi connectivity index (χ4v) is 2.67. The van der Waals surface area contributed by atoms with E-state index < -0.39 is 10.9 Å². The number of ether oxygens (including phenoxy) is 2. The highest BCUT2D eigenvalue weighted by Gasteiger charge is 2.24. The molecule has 0 saturated carbocycles. The third kappa shape index (κ3) is 3.56. The highest BCUT2D eigenvalue weighted by Crippen LogP contribution is 2.34. The molecule has 2 aromatic rings. The molecular weight excluding hydrogens is 324 g/mol. The average molecular weight is 344 g/mol. The van der Waals surface area contributed by atoms with E-state index in [1.807, 2.05) is 13.8 Å². The molecule has 1 amide bonds. The molecule has 0 aromatic heterocycles. The van der Waals surface area contributed by atoms with Gasteiger partial charge < -0.3 is 20.1 Å². The molecule has 3 rings (SSSR count). The Morgan fingerprint density at radius 1 is 1.24 bits per heavy atom. The standard InChI is InChI=1S/C18H20N2O5/c1-10(2)24-7-3-6-19-16-15(17(22)18(16)23)11-4-5-12-13(8-11)25-9-14(21)20-12/h4-5,8,10,19H,3,6-7,9H2,1-2H3,(H,20,21). The maximum absolute atomic E-state index is 12.0. The Kier molecular flexibility index (Phi) is 4.85. The van der Waals surface area contributed by atoms with Crippen molar-refractivity contribution in [1.29, 1.82) is 0 Å². The smallest absolute Gasteiger partial charge is 0.262 e.